The molecule has 2 amide bonds. The second-order valence-electron chi connectivity index (χ2n) is 5.94. The summed E-state index contributed by atoms with van der Waals surface area (Å²) >= 11 is 0. The van der Waals surface area contributed by atoms with Gasteiger partial charge in [-0.3, -0.25) is 10.2 Å². The molecule has 0 heterocycles. The second-order valence-corrected chi connectivity index (χ2v) is 5.94. The van der Waals surface area contributed by atoms with E-state index in [4.69, 9.17) is 18.9 Å². The molecule has 2 rings (SSSR count). The van der Waals surface area contributed by atoms with Crippen molar-refractivity contribution in [2.75, 3.05) is 35.5 Å². The van der Waals surface area contributed by atoms with Gasteiger partial charge in [0.2, 0.25) is 5.75 Å². The summed E-state index contributed by atoms with van der Waals surface area (Å²) in [5.74, 6) is -0.306. The Balaban J connectivity index is 2.60. The summed E-state index contributed by atoms with van der Waals surface area (Å²) in [5.41, 5.74) is 5.12. The lowest BCUT2D eigenvalue weighted by Crippen LogP contribution is -2.41. The van der Waals surface area contributed by atoms with Crippen molar-refractivity contribution in [3.63, 3.8) is 0 Å². The van der Waals surface area contributed by atoms with Gasteiger partial charge in [0.1, 0.15) is 0 Å². The van der Waals surface area contributed by atoms with E-state index in [1.54, 1.807) is 18.2 Å². The van der Waals surface area contributed by atoms with E-state index >= 15 is 0 Å². The molecule has 0 bridgehead atoms. The summed E-state index contributed by atoms with van der Waals surface area (Å²) in [4.78, 5) is 24.2. The quantitative estimate of drug-likeness (QED) is 0.392. The number of ether oxygens (including phenoxy) is 5. The maximum Gasteiger partial charge on any atom is 0.425 e. The average molecular weight is 434 g/mol. The van der Waals surface area contributed by atoms with Crippen molar-refractivity contribution >= 4 is 23.6 Å². The molecular formula is C21H23FN2O7. The van der Waals surface area contributed by atoms with Crippen LogP contribution in [0.2, 0.25) is 0 Å². The zero-order chi connectivity index (χ0) is 23.0. The van der Waals surface area contributed by atoms with Crippen LogP contribution < -0.4 is 29.8 Å². The summed E-state index contributed by atoms with van der Waals surface area (Å²) < 4.78 is 39.5. The van der Waals surface area contributed by atoms with Gasteiger partial charge in [-0.05, 0) is 41.5 Å². The van der Waals surface area contributed by atoms with Crippen LogP contribution >= 0.6 is 0 Å². The smallest absolute Gasteiger partial charge is 0.425 e. The first-order chi connectivity index (χ1) is 14.9. The molecule has 10 heteroatoms. The highest BCUT2D eigenvalue weighted by molar-refractivity contribution is 6.24. The Labute approximate surface area is 178 Å². The van der Waals surface area contributed by atoms with Crippen LogP contribution in [0.15, 0.2) is 30.3 Å². The number of methoxy groups -OCH3 is 5. The summed E-state index contributed by atoms with van der Waals surface area (Å²) in [6, 6.07) is 7.30. The molecule has 2 aromatic rings. The van der Waals surface area contributed by atoms with Crippen LogP contribution in [0.25, 0.3) is 11.6 Å². The summed E-state index contributed by atoms with van der Waals surface area (Å²) in [5, 5.41) is 0. The fraction of sp³-hybridized carbons (Fsp3) is 0.238. The van der Waals surface area contributed by atoms with E-state index in [1.165, 1.54) is 46.6 Å². The molecule has 0 spiro atoms. The Morgan fingerprint density at radius 3 is 1.94 bits per heavy atom. The number of benzene rings is 2. The molecule has 0 radical (unpaired) electrons. The third-order valence-corrected chi connectivity index (χ3v) is 4.17. The monoisotopic (exact) mass is 434 g/mol. The largest absolute Gasteiger partial charge is 0.494 e. The van der Waals surface area contributed by atoms with Gasteiger partial charge in [0.15, 0.2) is 23.1 Å². The van der Waals surface area contributed by atoms with Gasteiger partial charge >= 0.3 is 6.09 Å². The van der Waals surface area contributed by atoms with Crippen LogP contribution in [0.1, 0.15) is 11.1 Å². The summed E-state index contributed by atoms with van der Waals surface area (Å²) in [7, 11) is 6.81. The SMILES string of the molecule is COC(=O)NNC(=O)/C(=C/c1ccc(OC)c(F)c1)c1cc(OC)c(OC)c(OC)c1. The molecule has 0 aliphatic carbocycles. The standard InChI is InChI=1S/C21H23FN2O7/c1-27-16-7-6-12(9-15(16)22)8-14(20(25)23-24-21(26)31-5)13-10-17(28-2)19(30-4)18(11-13)29-3/h6-11H,1-5H3,(H,23,25)(H,24,26)/b14-8+. The molecule has 0 unspecified atom stereocenters. The first-order valence-corrected chi connectivity index (χ1v) is 8.88. The van der Waals surface area contributed by atoms with Crippen molar-refractivity contribution in [3.05, 3.63) is 47.3 Å². The van der Waals surface area contributed by atoms with Gasteiger partial charge in [0.25, 0.3) is 5.91 Å². The van der Waals surface area contributed by atoms with Crippen molar-refractivity contribution in [2.45, 2.75) is 0 Å². The number of hydrogen-bond acceptors (Lipinski definition) is 7. The lowest BCUT2D eigenvalue weighted by atomic mass is 10.0. The van der Waals surface area contributed by atoms with Crippen molar-refractivity contribution < 1.29 is 37.7 Å². The predicted octanol–water partition coefficient (Wildman–Crippen LogP) is 2.79. The summed E-state index contributed by atoms with van der Waals surface area (Å²) in [6.07, 6.45) is 0.561. The van der Waals surface area contributed by atoms with E-state index in [2.05, 4.69) is 15.6 Å². The number of hydrogen-bond donors (Lipinski definition) is 2. The summed E-state index contributed by atoms with van der Waals surface area (Å²) in [6.45, 7) is 0. The third kappa shape index (κ3) is 5.56. The van der Waals surface area contributed by atoms with Gasteiger partial charge in [-0.15, -0.1) is 0 Å². The molecule has 0 atom stereocenters. The highest BCUT2D eigenvalue weighted by Gasteiger charge is 2.20. The van der Waals surface area contributed by atoms with Crippen molar-refractivity contribution in [2.24, 2.45) is 0 Å². The van der Waals surface area contributed by atoms with E-state index in [0.29, 0.717) is 28.4 Å². The number of rotatable bonds is 7. The van der Waals surface area contributed by atoms with Crippen molar-refractivity contribution in [1.29, 1.82) is 0 Å². The maximum atomic E-state index is 14.2. The Morgan fingerprint density at radius 2 is 1.45 bits per heavy atom. The molecule has 0 aromatic heterocycles. The first-order valence-electron chi connectivity index (χ1n) is 8.88. The molecule has 0 fully saturated rings. The van der Waals surface area contributed by atoms with Crippen molar-refractivity contribution in [3.8, 4) is 23.0 Å². The Kier molecular flexibility index (Phi) is 8.07. The first kappa shape index (κ1) is 23.3. The zero-order valence-corrected chi connectivity index (χ0v) is 17.7. The van der Waals surface area contributed by atoms with Gasteiger partial charge in [-0.2, -0.15) is 0 Å². The number of nitrogens with one attached hydrogen (secondary N) is 2. The molecule has 0 saturated carbocycles. The number of halogens is 1. The minimum absolute atomic E-state index is 0.0586. The maximum absolute atomic E-state index is 14.2. The fourth-order valence-corrected chi connectivity index (χ4v) is 2.68. The molecule has 2 aromatic carbocycles. The van der Waals surface area contributed by atoms with E-state index in [9.17, 15) is 14.0 Å². The zero-order valence-electron chi connectivity index (χ0n) is 17.7. The molecule has 31 heavy (non-hydrogen) atoms. The van der Waals surface area contributed by atoms with Crippen LogP contribution in [0.5, 0.6) is 23.0 Å². The van der Waals surface area contributed by atoms with Gasteiger partial charge in [0.05, 0.1) is 35.5 Å². The predicted molar refractivity (Wildman–Crippen MR) is 111 cm³/mol. The number of hydrazine groups is 1. The van der Waals surface area contributed by atoms with E-state index in [1.807, 2.05) is 0 Å². The van der Waals surface area contributed by atoms with Crippen LogP contribution in [-0.2, 0) is 9.53 Å². The van der Waals surface area contributed by atoms with Crippen LogP contribution in [0, 0.1) is 5.82 Å². The Hall–Kier alpha value is -3.95. The molecular weight excluding hydrogens is 411 g/mol. The molecule has 0 saturated heterocycles. The van der Waals surface area contributed by atoms with Crippen molar-refractivity contribution in [1.82, 2.24) is 10.9 Å². The molecule has 0 aliphatic heterocycles. The highest BCUT2D eigenvalue weighted by atomic mass is 19.1. The van der Waals surface area contributed by atoms with E-state index < -0.39 is 17.8 Å². The molecule has 0 aliphatic rings. The van der Waals surface area contributed by atoms with Crippen LogP contribution in [-0.4, -0.2) is 47.5 Å². The number of carbonyl (C=O) groups is 2. The van der Waals surface area contributed by atoms with E-state index in [0.717, 1.165) is 7.11 Å². The topological polar surface area (TPSA) is 104 Å². The average Bonchev–Trinajstić information content (AvgIpc) is 2.79. The highest BCUT2D eigenvalue weighted by Crippen LogP contribution is 2.40. The Bertz CT molecular complexity index is 967. The van der Waals surface area contributed by atoms with E-state index in [-0.39, 0.29) is 11.3 Å². The lowest BCUT2D eigenvalue weighted by molar-refractivity contribution is -0.116. The van der Waals surface area contributed by atoms with Gasteiger partial charge in [-0.25, -0.2) is 14.6 Å². The van der Waals surface area contributed by atoms with Crippen LogP contribution in [0.3, 0.4) is 0 Å². The number of carbonyl (C=O) groups excluding carboxylic acids is 2. The normalized spacial score (nSPS) is 10.7. The number of amides is 2. The minimum atomic E-state index is -0.868. The van der Waals surface area contributed by atoms with Gasteiger partial charge in [0, 0.05) is 5.57 Å². The minimum Gasteiger partial charge on any atom is -0.494 e. The lowest BCUT2D eigenvalue weighted by Gasteiger charge is -2.16. The van der Waals surface area contributed by atoms with Crippen LogP contribution in [0.4, 0.5) is 9.18 Å². The molecule has 166 valence electrons. The second kappa shape index (κ2) is 10.7. The van der Waals surface area contributed by atoms with Gasteiger partial charge in [-0.1, -0.05) is 6.07 Å². The fourth-order valence-electron chi connectivity index (χ4n) is 2.68. The molecule has 9 nitrogen and oxygen atoms in total. The Morgan fingerprint density at radius 1 is 0.839 bits per heavy atom. The third-order valence-electron chi connectivity index (χ3n) is 4.17. The van der Waals surface area contributed by atoms with Gasteiger partial charge < -0.3 is 23.7 Å². The molecule has 2 N–H and O–H groups in total.